The molecule has 2 fully saturated rings. The Balaban J connectivity index is 1.35. The highest BCUT2D eigenvalue weighted by atomic mass is 16.3. The summed E-state index contributed by atoms with van der Waals surface area (Å²) >= 11 is 0. The zero-order chi connectivity index (χ0) is 17.2. The van der Waals surface area contributed by atoms with Gasteiger partial charge in [0.15, 0.2) is 0 Å². The molecular formula is C20H27N3O2. The quantitative estimate of drug-likeness (QED) is 0.804. The highest BCUT2D eigenvalue weighted by Gasteiger charge is 2.31. The normalized spacial score (nSPS) is 26.0. The molecule has 2 atom stereocenters. The van der Waals surface area contributed by atoms with Gasteiger partial charge in [-0.3, -0.25) is 9.69 Å². The van der Waals surface area contributed by atoms with Crippen LogP contribution in [-0.2, 0) is 0 Å². The van der Waals surface area contributed by atoms with Gasteiger partial charge in [0.1, 0.15) is 0 Å². The maximum absolute atomic E-state index is 12.7. The molecule has 3 N–H and O–H groups in total. The molecule has 0 spiro atoms. The number of para-hydroxylation sites is 1. The summed E-state index contributed by atoms with van der Waals surface area (Å²) in [6, 6.07) is 8.34. The van der Waals surface area contributed by atoms with Gasteiger partial charge in [0, 0.05) is 36.8 Å². The molecule has 1 aliphatic carbocycles. The minimum atomic E-state index is -0.176. The van der Waals surface area contributed by atoms with Crippen LogP contribution in [0.2, 0.25) is 0 Å². The summed E-state index contributed by atoms with van der Waals surface area (Å²) in [7, 11) is 0. The van der Waals surface area contributed by atoms with Gasteiger partial charge in [-0.15, -0.1) is 0 Å². The summed E-state index contributed by atoms with van der Waals surface area (Å²) in [5, 5.41) is 14.5. The lowest BCUT2D eigenvalue weighted by atomic mass is 9.89. The molecule has 1 aromatic carbocycles. The topological polar surface area (TPSA) is 68.4 Å². The number of fused-ring (bicyclic) bond motifs is 1. The minimum Gasteiger partial charge on any atom is -0.391 e. The number of aromatic amines is 1. The average molecular weight is 341 g/mol. The summed E-state index contributed by atoms with van der Waals surface area (Å²) in [6.45, 7) is 1.92. The number of rotatable bonds is 3. The van der Waals surface area contributed by atoms with Crippen molar-refractivity contribution in [2.24, 2.45) is 0 Å². The lowest BCUT2D eigenvalue weighted by Gasteiger charge is -2.41. The predicted molar refractivity (Wildman–Crippen MR) is 98.6 cm³/mol. The number of amides is 1. The second-order valence-electron chi connectivity index (χ2n) is 7.45. The lowest BCUT2D eigenvalue weighted by molar-refractivity contribution is 0.00728. The molecule has 1 saturated carbocycles. The Kier molecular flexibility index (Phi) is 4.77. The van der Waals surface area contributed by atoms with E-state index in [1.165, 1.54) is 6.42 Å². The van der Waals surface area contributed by atoms with Crippen molar-refractivity contribution >= 4 is 16.8 Å². The molecule has 25 heavy (non-hydrogen) atoms. The zero-order valence-electron chi connectivity index (χ0n) is 14.6. The third-order valence-electron chi connectivity index (χ3n) is 5.86. The summed E-state index contributed by atoms with van der Waals surface area (Å²) in [4.78, 5) is 18.3. The standard InChI is InChI=1S/C20H27N3O2/c24-18-7-2-1-6-17(18)23-12-9-15(10-13-23)22-20(25)16-5-3-4-14-8-11-21-19(14)16/h3-5,8,11,15,17-18,21,24H,1-2,6-7,9-10,12-13H2,(H,22,25). The molecule has 2 aliphatic rings. The van der Waals surface area contributed by atoms with Crippen LogP contribution in [0.1, 0.15) is 48.9 Å². The van der Waals surface area contributed by atoms with Crippen LogP contribution in [0.5, 0.6) is 0 Å². The van der Waals surface area contributed by atoms with Crippen LogP contribution in [0.25, 0.3) is 10.9 Å². The summed E-state index contributed by atoms with van der Waals surface area (Å²) in [5.74, 6) is 0.00389. The Bertz CT molecular complexity index is 733. The SMILES string of the molecule is O=C(NC1CCN(C2CCCCC2O)CC1)c1cccc2cc[nH]c12. The first-order valence-electron chi connectivity index (χ1n) is 9.51. The van der Waals surface area contributed by atoms with Crippen molar-refractivity contribution < 1.29 is 9.90 Å². The average Bonchev–Trinajstić information content (AvgIpc) is 3.11. The number of nitrogens with zero attached hydrogens (tertiary/aromatic N) is 1. The number of aliphatic hydroxyl groups is 1. The molecule has 134 valence electrons. The van der Waals surface area contributed by atoms with Gasteiger partial charge in [-0.05, 0) is 37.8 Å². The van der Waals surface area contributed by atoms with Crippen LogP contribution < -0.4 is 5.32 Å². The predicted octanol–water partition coefficient (Wildman–Crippen LogP) is 2.67. The van der Waals surface area contributed by atoms with Gasteiger partial charge < -0.3 is 15.4 Å². The fourth-order valence-corrected chi connectivity index (χ4v) is 4.43. The molecule has 0 bridgehead atoms. The second kappa shape index (κ2) is 7.18. The highest BCUT2D eigenvalue weighted by molar-refractivity contribution is 6.05. The van der Waals surface area contributed by atoms with Crippen LogP contribution >= 0.6 is 0 Å². The number of H-pyrrole nitrogens is 1. The van der Waals surface area contributed by atoms with Crippen molar-refractivity contribution in [2.75, 3.05) is 13.1 Å². The van der Waals surface area contributed by atoms with E-state index in [2.05, 4.69) is 15.2 Å². The second-order valence-corrected chi connectivity index (χ2v) is 7.45. The number of nitrogens with one attached hydrogen (secondary N) is 2. The summed E-state index contributed by atoms with van der Waals surface area (Å²) < 4.78 is 0. The zero-order valence-corrected chi connectivity index (χ0v) is 14.6. The van der Waals surface area contributed by atoms with Crippen LogP contribution in [-0.4, -0.2) is 52.2 Å². The molecule has 5 heteroatoms. The Hall–Kier alpha value is -1.85. The van der Waals surface area contributed by atoms with E-state index in [0.29, 0.717) is 11.6 Å². The number of hydrogen-bond acceptors (Lipinski definition) is 3. The van der Waals surface area contributed by atoms with Crippen LogP contribution in [0, 0.1) is 0 Å². The third kappa shape index (κ3) is 3.44. The first kappa shape index (κ1) is 16.6. The fourth-order valence-electron chi connectivity index (χ4n) is 4.43. The molecular weight excluding hydrogens is 314 g/mol. The van der Waals surface area contributed by atoms with E-state index in [0.717, 1.165) is 56.1 Å². The number of carbonyl (C=O) groups is 1. The molecule has 4 rings (SSSR count). The Morgan fingerprint density at radius 3 is 2.72 bits per heavy atom. The molecule has 1 saturated heterocycles. The van der Waals surface area contributed by atoms with E-state index in [9.17, 15) is 9.90 Å². The largest absolute Gasteiger partial charge is 0.391 e. The van der Waals surface area contributed by atoms with Crippen molar-refractivity contribution in [1.29, 1.82) is 0 Å². The van der Waals surface area contributed by atoms with E-state index >= 15 is 0 Å². The van der Waals surface area contributed by atoms with Crippen molar-refractivity contribution in [3.8, 4) is 0 Å². The van der Waals surface area contributed by atoms with E-state index in [-0.39, 0.29) is 18.1 Å². The maximum atomic E-state index is 12.7. The van der Waals surface area contributed by atoms with Gasteiger partial charge in [-0.1, -0.05) is 25.0 Å². The maximum Gasteiger partial charge on any atom is 0.253 e. The number of aromatic nitrogens is 1. The van der Waals surface area contributed by atoms with Gasteiger partial charge in [0.05, 0.1) is 17.2 Å². The molecule has 2 heterocycles. The molecule has 5 nitrogen and oxygen atoms in total. The van der Waals surface area contributed by atoms with Crippen molar-refractivity contribution in [3.63, 3.8) is 0 Å². The third-order valence-corrected chi connectivity index (χ3v) is 5.86. The first-order valence-corrected chi connectivity index (χ1v) is 9.51. The molecule has 1 amide bonds. The summed E-state index contributed by atoms with van der Waals surface area (Å²) in [5.41, 5.74) is 1.62. The van der Waals surface area contributed by atoms with E-state index < -0.39 is 0 Å². The number of likely N-dealkylation sites (tertiary alicyclic amines) is 1. The van der Waals surface area contributed by atoms with Gasteiger partial charge >= 0.3 is 0 Å². The Morgan fingerprint density at radius 1 is 1.12 bits per heavy atom. The van der Waals surface area contributed by atoms with Gasteiger partial charge in [-0.2, -0.15) is 0 Å². The van der Waals surface area contributed by atoms with Gasteiger partial charge in [0.2, 0.25) is 0 Å². The van der Waals surface area contributed by atoms with Gasteiger partial charge in [-0.25, -0.2) is 0 Å². The summed E-state index contributed by atoms with van der Waals surface area (Å²) in [6.07, 6.45) is 8.01. The molecule has 1 aliphatic heterocycles. The van der Waals surface area contributed by atoms with Crippen molar-refractivity contribution in [1.82, 2.24) is 15.2 Å². The number of piperidine rings is 1. The minimum absolute atomic E-state index is 0.00389. The lowest BCUT2D eigenvalue weighted by Crippen LogP contribution is -2.52. The number of hydrogen-bond donors (Lipinski definition) is 3. The van der Waals surface area contributed by atoms with E-state index in [1.54, 1.807) is 0 Å². The fraction of sp³-hybridized carbons (Fsp3) is 0.550. The van der Waals surface area contributed by atoms with Crippen molar-refractivity contribution in [3.05, 3.63) is 36.0 Å². The Labute approximate surface area is 148 Å². The number of aliphatic hydroxyl groups excluding tert-OH is 1. The highest BCUT2D eigenvalue weighted by Crippen LogP contribution is 2.26. The smallest absolute Gasteiger partial charge is 0.253 e. The monoisotopic (exact) mass is 341 g/mol. The Morgan fingerprint density at radius 2 is 1.92 bits per heavy atom. The van der Waals surface area contributed by atoms with E-state index in [4.69, 9.17) is 0 Å². The van der Waals surface area contributed by atoms with Gasteiger partial charge in [0.25, 0.3) is 5.91 Å². The molecule has 2 aromatic rings. The van der Waals surface area contributed by atoms with Crippen molar-refractivity contribution in [2.45, 2.75) is 56.7 Å². The molecule has 2 unspecified atom stereocenters. The molecule has 1 aromatic heterocycles. The number of carbonyl (C=O) groups excluding carboxylic acids is 1. The number of benzene rings is 1. The van der Waals surface area contributed by atoms with E-state index in [1.807, 2.05) is 30.5 Å². The van der Waals surface area contributed by atoms with Crippen LogP contribution in [0.4, 0.5) is 0 Å². The van der Waals surface area contributed by atoms with Crippen LogP contribution in [0.15, 0.2) is 30.5 Å². The van der Waals surface area contributed by atoms with Crippen LogP contribution in [0.3, 0.4) is 0 Å². The first-order chi connectivity index (χ1) is 12.2. The molecule has 0 radical (unpaired) electrons.